The average molecular weight is 348 g/mol. The van der Waals surface area contributed by atoms with Crippen LogP contribution in [0.5, 0.6) is 0 Å². The summed E-state index contributed by atoms with van der Waals surface area (Å²) in [6.45, 7) is 0.817. The average Bonchev–Trinajstić information content (AvgIpc) is 2.57. The monoisotopic (exact) mass is 348 g/mol. The second-order valence-corrected chi connectivity index (χ2v) is 7.82. The van der Waals surface area contributed by atoms with Crippen molar-refractivity contribution >= 4 is 16.0 Å². The maximum Gasteiger partial charge on any atom is 0.260 e. The molecule has 24 heavy (non-hydrogen) atoms. The van der Waals surface area contributed by atoms with E-state index in [4.69, 9.17) is 0 Å². The van der Waals surface area contributed by atoms with Gasteiger partial charge in [-0.15, -0.1) is 0 Å². The summed E-state index contributed by atoms with van der Waals surface area (Å²) < 4.78 is 26.5. The lowest BCUT2D eigenvalue weighted by Gasteiger charge is -2.27. The topological polar surface area (TPSA) is 84.3 Å². The largest absolute Gasteiger partial charge is 0.359 e. The summed E-state index contributed by atoms with van der Waals surface area (Å²) >= 11 is 0. The van der Waals surface area contributed by atoms with Gasteiger partial charge in [0.15, 0.2) is 0 Å². The molecule has 2 heterocycles. The third-order valence-electron chi connectivity index (χ3n) is 4.16. The van der Waals surface area contributed by atoms with Crippen molar-refractivity contribution in [1.29, 1.82) is 0 Å². The highest BCUT2D eigenvalue weighted by Gasteiger charge is 2.27. The molecule has 0 unspecified atom stereocenters. The number of nitrogens with zero attached hydrogens (tertiary/aromatic N) is 3. The third-order valence-corrected chi connectivity index (χ3v) is 5.41. The van der Waals surface area contributed by atoms with Crippen molar-refractivity contribution in [3.8, 4) is 0 Å². The molecule has 0 bridgehead atoms. The van der Waals surface area contributed by atoms with Crippen LogP contribution in [0.2, 0.25) is 0 Å². The van der Waals surface area contributed by atoms with Crippen LogP contribution in [-0.2, 0) is 29.5 Å². The number of benzene rings is 1. The molecule has 1 N–H and O–H groups in total. The predicted octanol–water partition coefficient (Wildman–Crippen LogP) is 0.651. The molecule has 0 fully saturated rings. The van der Waals surface area contributed by atoms with Crippen LogP contribution < -0.4 is 10.9 Å². The van der Waals surface area contributed by atoms with Gasteiger partial charge < -0.3 is 5.32 Å². The first kappa shape index (κ1) is 16.7. The number of nitrogens with one attached hydrogen (secondary N) is 1. The lowest BCUT2D eigenvalue weighted by atomic mass is 10.1. The number of sulfonamides is 1. The zero-order chi connectivity index (χ0) is 17.3. The van der Waals surface area contributed by atoms with Gasteiger partial charge in [0, 0.05) is 26.6 Å². The first-order valence-corrected chi connectivity index (χ1v) is 9.54. The third kappa shape index (κ3) is 3.20. The van der Waals surface area contributed by atoms with Gasteiger partial charge in [-0.05, 0) is 5.56 Å². The van der Waals surface area contributed by atoms with Crippen molar-refractivity contribution in [1.82, 2.24) is 13.9 Å². The number of anilines is 1. The minimum atomic E-state index is -3.33. The summed E-state index contributed by atoms with van der Waals surface area (Å²) in [5.74, 6) is 0.496. The van der Waals surface area contributed by atoms with E-state index in [1.807, 2.05) is 30.3 Å². The first-order valence-electron chi connectivity index (χ1n) is 7.69. The molecule has 0 aliphatic carbocycles. The Morgan fingerprint density at radius 2 is 1.96 bits per heavy atom. The van der Waals surface area contributed by atoms with Crippen molar-refractivity contribution in [2.24, 2.45) is 0 Å². The van der Waals surface area contributed by atoms with Crippen molar-refractivity contribution in [3.05, 3.63) is 57.5 Å². The van der Waals surface area contributed by atoms with Crippen molar-refractivity contribution in [2.45, 2.75) is 19.5 Å². The maximum absolute atomic E-state index is 12.9. The van der Waals surface area contributed by atoms with E-state index in [1.54, 1.807) is 11.6 Å². The molecule has 0 spiro atoms. The number of hydrogen-bond acceptors (Lipinski definition) is 5. The molecule has 3 rings (SSSR count). The van der Waals surface area contributed by atoms with Gasteiger partial charge in [0.1, 0.15) is 0 Å². The number of hydrogen-bond donors (Lipinski definition) is 1. The Morgan fingerprint density at radius 3 is 2.58 bits per heavy atom. The summed E-state index contributed by atoms with van der Waals surface area (Å²) in [7, 11) is -1.61. The van der Waals surface area contributed by atoms with Crippen LogP contribution >= 0.6 is 0 Å². The van der Waals surface area contributed by atoms with Crippen LogP contribution in [0.1, 0.15) is 16.8 Å². The van der Waals surface area contributed by atoms with Gasteiger partial charge >= 0.3 is 0 Å². The van der Waals surface area contributed by atoms with Crippen molar-refractivity contribution < 1.29 is 8.42 Å². The van der Waals surface area contributed by atoms with Gasteiger partial charge in [0.2, 0.25) is 16.0 Å². The minimum absolute atomic E-state index is 0.0821. The quantitative estimate of drug-likeness (QED) is 0.877. The normalized spacial score (nSPS) is 15.1. The Hall–Kier alpha value is -2.19. The number of fused-ring (bicyclic) bond motifs is 1. The van der Waals surface area contributed by atoms with E-state index >= 15 is 0 Å². The fourth-order valence-corrected chi connectivity index (χ4v) is 3.66. The molecule has 7 nitrogen and oxygen atoms in total. The van der Waals surface area contributed by atoms with E-state index in [1.165, 1.54) is 4.31 Å². The van der Waals surface area contributed by atoms with E-state index in [-0.39, 0.29) is 12.1 Å². The highest BCUT2D eigenvalue weighted by atomic mass is 32.2. The fraction of sp³-hybridized carbons (Fsp3) is 0.375. The Labute approximate surface area is 141 Å². The SMILES string of the molecule is CNc1nc2c(c(=O)n1Cc1ccccc1)CN(S(C)(=O)=O)CC2. The van der Waals surface area contributed by atoms with Gasteiger partial charge in [-0.3, -0.25) is 9.36 Å². The molecule has 0 saturated heterocycles. The van der Waals surface area contributed by atoms with Crippen LogP contribution in [-0.4, -0.2) is 42.1 Å². The lowest BCUT2D eigenvalue weighted by Crippen LogP contribution is -2.41. The Kier molecular flexibility index (Phi) is 4.42. The van der Waals surface area contributed by atoms with Gasteiger partial charge in [-0.2, -0.15) is 4.31 Å². The molecule has 0 atom stereocenters. The van der Waals surface area contributed by atoms with E-state index in [2.05, 4.69) is 10.3 Å². The second-order valence-electron chi connectivity index (χ2n) is 5.83. The molecule has 1 aliphatic rings. The molecule has 8 heteroatoms. The number of rotatable bonds is 4. The first-order chi connectivity index (χ1) is 11.4. The highest BCUT2D eigenvalue weighted by Crippen LogP contribution is 2.18. The number of aromatic nitrogens is 2. The molecule has 1 aromatic carbocycles. The molecule has 0 saturated carbocycles. The summed E-state index contributed by atoms with van der Waals surface area (Å²) in [6, 6.07) is 9.62. The molecule has 1 aromatic heterocycles. The molecular weight excluding hydrogens is 328 g/mol. The minimum Gasteiger partial charge on any atom is -0.359 e. The van der Waals surface area contributed by atoms with Crippen molar-refractivity contribution in [3.63, 3.8) is 0 Å². The molecule has 0 amide bonds. The molecule has 2 aromatic rings. The summed E-state index contributed by atoms with van der Waals surface area (Å²) in [4.78, 5) is 17.5. The fourth-order valence-electron chi connectivity index (χ4n) is 2.88. The van der Waals surface area contributed by atoms with Crippen LogP contribution in [0.4, 0.5) is 5.95 Å². The standard InChI is InChI=1S/C16H20N4O3S/c1-17-16-18-14-8-9-19(24(2,22)23)11-13(14)15(21)20(16)10-12-6-4-3-5-7-12/h3-7H,8-11H2,1-2H3,(H,17,18). The van der Waals surface area contributed by atoms with Gasteiger partial charge in [0.05, 0.1) is 24.1 Å². The van der Waals surface area contributed by atoms with E-state index in [9.17, 15) is 13.2 Å². The molecular formula is C16H20N4O3S. The zero-order valence-corrected chi connectivity index (χ0v) is 14.5. The second kappa shape index (κ2) is 6.37. The smallest absolute Gasteiger partial charge is 0.260 e. The Morgan fingerprint density at radius 1 is 1.25 bits per heavy atom. The predicted molar refractivity (Wildman–Crippen MR) is 92.5 cm³/mol. The Bertz CT molecular complexity index is 907. The van der Waals surface area contributed by atoms with Gasteiger partial charge in [-0.1, -0.05) is 30.3 Å². The lowest BCUT2D eigenvalue weighted by molar-refractivity contribution is 0.386. The summed E-state index contributed by atoms with van der Waals surface area (Å²) in [5.41, 5.74) is 1.92. The highest BCUT2D eigenvalue weighted by molar-refractivity contribution is 7.88. The van der Waals surface area contributed by atoms with E-state index < -0.39 is 10.0 Å². The van der Waals surface area contributed by atoms with Gasteiger partial charge in [-0.25, -0.2) is 13.4 Å². The van der Waals surface area contributed by atoms with Crippen LogP contribution in [0, 0.1) is 0 Å². The molecule has 128 valence electrons. The molecule has 1 aliphatic heterocycles. The molecule has 0 radical (unpaired) electrons. The van der Waals surface area contributed by atoms with E-state index in [0.29, 0.717) is 36.7 Å². The van der Waals surface area contributed by atoms with Crippen LogP contribution in [0.15, 0.2) is 35.1 Å². The van der Waals surface area contributed by atoms with Crippen LogP contribution in [0.3, 0.4) is 0 Å². The zero-order valence-electron chi connectivity index (χ0n) is 13.7. The summed E-state index contributed by atoms with van der Waals surface area (Å²) in [6.07, 6.45) is 1.61. The Balaban J connectivity index is 2.06. The summed E-state index contributed by atoms with van der Waals surface area (Å²) in [5, 5.41) is 2.97. The van der Waals surface area contributed by atoms with Crippen LogP contribution in [0.25, 0.3) is 0 Å². The van der Waals surface area contributed by atoms with E-state index in [0.717, 1.165) is 11.8 Å². The van der Waals surface area contributed by atoms with Gasteiger partial charge in [0.25, 0.3) is 5.56 Å². The maximum atomic E-state index is 12.9. The van der Waals surface area contributed by atoms with Crippen molar-refractivity contribution in [2.75, 3.05) is 25.2 Å².